The third-order valence-electron chi connectivity index (χ3n) is 4.04. The molecule has 0 radical (unpaired) electrons. The summed E-state index contributed by atoms with van der Waals surface area (Å²) in [4.78, 5) is 47.4. The number of hydrogen-bond donors (Lipinski definition) is 2. The third-order valence-corrected chi connectivity index (χ3v) is 5.24. The fourth-order valence-electron chi connectivity index (χ4n) is 2.83. The summed E-state index contributed by atoms with van der Waals surface area (Å²) in [7, 11) is 0. The molecule has 2 amide bonds. The van der Waals surface area contributed by atoms with E-state index in [1.54, 1.807) is 0 Å². The van der Waals surface area contributed by atoms with E-state index >= 15 is 0 Å². The molecule has 1 aliphatic rings. The summed E-state index contributed by atoms with van der Waals surface area (Å²) in [5.74, 6) is -1.81. The molecule has 0 unspecified atom stereocenters. The molecule has 1 heterocycles. The molecule has 0 saturated heterocycles. The number of ether oxygens (including phenoxy) is 1. The van der Waals surface area contributed by atoms with E-state index in [0.29, 0.717) is 22.4 Å². The zero-order valence-electron chi connectivity index (χ0n) is 13.7. The molecule has 0 fully saturated rings. The summed E-state index contributed by atoms with van der Waals surface area (Å²) in [5.41, 5.74) is 7.36. The summed E-state index contributed by atoms with van der Waals surface area (Å²) in [5, 5.41) is 3.00. The molecule has 1 aromatic carbocycles. The average molecular weight is 372 g/mol. The normalized spacial score (nSPS) is 12.3. The van der Waals surface area contributed by atoms with E-state index < -0.39 is 24.4 Å². The Kier molecular flexibility index (Phi) is 5.13. The lowest BCUT2D eigenvalue weighted by atomic mass is 10.1. The minimum Gasteiger partial charge on any atom is -0.452 e. The number of nitrogens with one attached hydrogen (secondary N) is 1. The van der Waals surface area contributed by atoms with Crippen LogP contribution in [0.4, 0.5) is 5.00 Å². The highest BCUT2D eigenvalue weighted by atomic mass is 32.1. The van der Waals surface area contributed by atoms with Crippen molar-refractivity contribution in [2.75, 3.05) is 11.9 Å². The zero-order chi connectivity index (χ0) is 18.7. The van der Waals surface area contributed by atoms with Crippen LogP contribution in [0, 0.1) is 0 Å². The lowest BCUT2D eigenvalue weighted by Gasteiger charge is -2.07. The first-order valence-corrected chi connectivity index (χ1v) is 8.77. The van der Waals surface area contributed by atoms with Crippen molar-refractivity contribution >= 4 is 40.4 Å². The third kappa shape index (κ3) is 3.65. The van der Waals surface area contributed by atoms with Crippen molar-refractivity contribution in [3.05, 3.63) is 51.4 Å². The second-order valence-electron chi connectivity index (χ2n) is 5.79. The molecule has 3 N–H and O–H groups in total. The lowest BCUT2D eigenvalue weighted by molar-refractivity contribution is -0.119. The molecule has 1 aromatic heterocycles. The molecule has 0 saturated carbocycles. The first-order valence-electron chi connectivity index (χ1n) is 7.96. The Hall–Kier alpha value is -3.00. The second-order valence-corrected chi connectivity index (χ2v) is 6.90. The van der Waals surface area contributed by atoms with Gasteiger partial charge in [0.25, 0.3) is 11.8 Å². The SMILES string of the molecule is NC(=O)c1c(NC(=O)COC(=O)c2ccc(C=O)cc2)sc2c1CCC2. The molecule has 0 spiro atoms. The van der Waals surface area contributed by atoms with Gasteiger partial charge in [-0.05, 0) is 37.0 Å². The van der Waals surface area contributed by atoms with Crippen molar-refractivity contribution in [3.8, 4) is 0 Å². The average Bonchev–Trinajstić information content (AvgIpc) is 3.20. The minimum atomic E-state index is -0.679. The van der Waals surface area contributed by atoms with E-state index in [1.165, 1.54) is 35.6 Å². The summed E-state index contributed by atoms with van der Waals surface area (Å²) in [6, 6.07) is 5.85. The fraction of sp³-hybridized carbons (Fsp3) is 0.222. The quantitative estimate of drug-likeness (QED) is 0.594. The van der Waals surface area contributed by atoms with Crippen LogP contribution in [-0.2, 0) is 22.4 Å². The summed E-state index contributed by atoms with van der Waals surface area (Å²) in [6.45, 7) is -0.491. The Morgan fingerprint density at radius 1 is 1.19 bits per heavy atom. The van der Waals surface area contributed by atoms with E-state index in [0.717, 1.165) is 29.7 Å². The van der Waals surface area contributed by atoms with Crippen molar-refractivity contribution in [1.82, 2.24) is 0 Å². The van der Waals surface area contributed by atoms with Crippen molar-refractivity contribution in [1.29, 1.82) is 0 Å². The van der Waals surface area contributed by atoms with E-state index in [9.17, 15) is 19.2 Å². The highest BCUT2D eigenvalue weighted by Gasteiger charge is 2.26. The number of thiophene rings is 1. The van der Waals surface area contributed by atoms with Crippen molar-refractivity contribution in [3.63, 3.8) is 0 Å². The predicted molar refractivity (Wildman–Crippen MR) is 95.6 cm³/mol. The number of aryl methyl sites for hydroxylation is 1. The number of benzene rings is 1. The van der Waals surface area contributed by atoms with Gasteiger partial charge in [0.2, 0.25) is 0 Å². The van der Waals surface area contributed by atoms with Crippen LogP contribution in [0.5, 0.6) is 0 Å². The molecule has 134 valence electrons. The summed E-state index contributed by atoms with van der Waals surface area (Å²) in [6.07, 6.45) is 3.26. The number of amides is 2. The predicted octanol–water partition coefficient (Wildman–Crippen LogP) is 1.94. The van der Waals surface area contributed by atoms with Crippen LogP contribution in [0.2, 0.25) is 0 Å². The summed E-state index contributed by atoms with van der Waals surface area (Å²) >= 11 is 1.33. The largest absolute Gasteiger partial charge is 0.452 e. The van der Waals surface area contributed by atoms with Gasteiger partial charge in [-0.15, -0.1) is 11.3 Å². The number of fused-ring (bicyclic) bond motifs is 1. The Morgan fingerprint density at radius 2 is 1.92 bits per heavy atom. The van der Waals surface area contributed by atoms with Crippen molar-refractivity contribution in [2.45, 2.75) is 19.3 Å². The molecule has 1 aliphatic carbocycles. The van der Waals surface area contributed by atoms with Gasteiger partial charge in [0, 0.05) is 10.4 Å². The van der Waals surface area contributed by atoms with E-state index in [2.05, 4.69) is 5.32 Å². The first kappa shape index (κ1) is 17.8. The molecule has 0 aliphatic heterocycles. The highest BCUT2D eigenvalue weighted by molar-refractivity contribution is 7.17. The van der Waals surface area contributed by atoms with Crippen LogP contribution in [0.1, 0.15) is 47.9 Å². The topological polar surface area (TPSA) is 116 Å². The number of rotatable bonds is 6. The highest BCUT2D eigenvalue weighted by Crippen LogP contribution is 2.38. The maximum atomic E-state index is 12.1. The van der Waals surface area contributed by atoms with Gasteiger partial charge in [-0.2, -0.15) is 0 Å². The zero-order valence-corrected chi connectivity index (χ0v) is 14.6. The first-order chi connectivity index (χ1) is 12.5. The Bertz CT molecular complexity index is 886. The van der Waals surface area contributed by atoms with Crippen molar-refractivity contribution in [2.24, 2.45) is 5.73 Å². The van der Waals surface area contributed by atoms with Gasteiger partial charge in [-0.3, -0.25) is 14.4 Å². The summed E-state index contributed by atoms with van der Waals surface area (Å²) < 4.78 is 4.96. The maximum Gasteiger partial charge on any atom is 0.338 e. The van der Waals surface area contributed by atoms with E-state index in [1.807, 2.05) is 0 Å². The maximum absolute atomic E-state index is 12.1. The molecule has 2 aromatic rings. The van der Waals surface area contributed by atoms with E-state index in [-0.39, 0.29) is 5.56 Å². The smallest absolute Gasteiger partial charge is 0.338 e. The molecule has 0 atom stereocenters. The lowest BCUT2D eigenvalue weighted by Crippen LogP contribution is -2.22. The number of aldehydes is 1. The molecule has 26 heavy (non-hydrogen) atoms. The van der Waals surface area contributed by atoms with Crippen LogP contribution in [0.25, 0.3) is 0 Å². The van der Waals surface area contributed by atoms with Gasteiger partial charge in [-0.1, -0.05) is 12.1 Å². The van der Waals surface area contributed by atoms with Gasteiger partial charge in [0.1, 0.15) is 11.3 Å². The standard InChI is InChI=1S/C18H16N2O5S/c19-16(23)15-12-2-1-3-13(12)26-17(15)20-14(22)9-25-18(24)11-6-4-10(8-21)5-7-11/h4-8H,1-3,9H2,(H2,19,23)(H,20,22). The van der Waals surface area contributed by atoms with Crippen LogP contribution in [0.15, 0.2) is 24.3 Å². The number of anilines is 1. The number of esters is 1. The Morgan fingerprint density at radius 3 is 2.58 bits per heavy atom. The van der Waals surface area contributed by atoms with Crippen LogP contribution in [0.3, 0.4) is 0 Å². The Balaban J connectivity index is 1.62. The van der Waals surface area contributed by atoms with Gasteiger partial charge in [0.05, 0.1) is 11.1 Å². The van der Waals surface area contributed by atoms with Crippen LogP contribution < -0.4 is 11.1 Å². The monoisotopic (exact) mass is 372 g/mol. The molecule has 3 rings (SSSR count). The molecule has 7 nitrogen and oxygen atoms in total. The number of carbonyl (C=O) groups excluding carboxylic acids is 4. The van der Waals surface area contributed by atoms with Gasteiger partial charge < -0.3 is 15.8 Å². The Labute approximate surface area is 153 Å². The molecule has 8 heteroatoms. The van der Waals surface area contributed by atoms with Gasteiger partial charge >= 0.3 is 5.97 Å². The molecular weight excluding hydrogens is 356 g/mol. The second kappa shape index (κ2) is 7.49. The molecule has 0 bridgehead atoms. The number of carbonyl (C=O) groups is 4. The van der Waals surface area contributed by atoms with Crippen molar-refractivity contribution < 1.29 is 23.9 Å². The van der Waals surface area contributed by atoms with E-state index in [4.69, 9.17) is 10.5 Å². The number of primary amides is 1. The minimum absolute atomic E-state index is 0.233. The van der Waals surface area contributed by atoms with Gasteiger partial charge in [0.15, 0.2) is 6.61 Å². The molecular formula is C18H16N2O5S. The number of nitrogens with two attached hydrogens (primary N) is 1. The fourth-order valence-corrected chi connectivity index (χ4v) is 4.14. The number of hydrogen-bond acceptors (Lipinski definition) is 6. The van der Waals surface area contributed by atoms with Crippen LogP contribution in [-0.4, -0.2) is 30.7 Å². The van der Waals surface area contributed by atoms with Crippen LogP contribution >= 0.6 is 11.3 Å². The van der Waals surface area contributed by atoms with Gasteiger partial charge in [-0.25, -0.2) is 4.79 Å².